The van der Waals surface area contributed by atoms with E-state index < -0.39 is 0 Å². The van der Waals surface area contributed by atoms with Crippen LogP contribution in [0.25, 0.3) is 0 Å². The average Bonchev–Trinajstić information content (AvgIpc) is 2.42. The van der Waals surface area contributed by atoms with Crippen molar-refractivity contribution in [2.24, 2.45) is 0 Å². The van der Waals surface area contributed by atoms with E-state index in [0.717, 1.165) is 17.1 Å². The molecule has 0 spiro atoms. The molecule has 1 aromatic heterocycles. The number of hydrogen-bond donors (Lipinski definition) is 1. The second-order valence-corrected chi connectivity index (χ2v) is 5.24. The monoisotopic (exact) mass is 276 g/mol. The third-order valence-corrected chi connectivity index (χ3v) is 3.90. The Labute approximate surface area is 117 Å². The van der Waals surface area contributed by atoms with Gasteiger partial charge in [-0.2, -0.15) is 0 Å². The average molecular weight is 276 g/mol. The standard InChI is InChI=1S/C15H17FN2S/c1-3-17-11(2)12-7-6-8-13(16)15(12)19-14-9-4-5-10-18-14/h4-11,17H,3H2,1-2H3. The van der Waals surface area contributed by atoms with E-state index in [1.54, 1.807) is 12.3 Å². The molecule has 0 bridgehead atoms. The molecule has 19 heavy (non-hydrogen) atoms. The summed E-state index contributed by atoms with van der Waals surface area (Å²) >= 11 is 1.37. The summed E-state index contributed by atoms with van der Waals surface area (Å²) in [5.41, 5.74) is 0.970. The molecule has 0 amide bonds. The van der Waals surface area contributed by atoms with Gasteiger partial charge in [0.2, 0.25) is 0 Å². The zero-order chi connectivity index (χ0) is 13.7. The van der Waals surface area contributed by atoms with Gasteiger partial charge in [0.1, 0.15) is 10.8 Å². The summed E-state index contributed by atoms with van der Waals surface area (Å²) in [6.45, 7) is 4.94. The Morgan fingerprint density at radius 3 is 2.79 bits per heavy atom. The third kappa shape index (κ3) is 3.55. The van der Waals surface area contributed by atoms with Gasteiger partial charge in [0.05, 0.1) is 4.90 Å². The van der Waals surface area contributed by atoms with E-state index in [1.807, 2.05) is 38.1 Å². The first-order chi connectivity index (χ1) is 9.22. The fourth-order valence-corrected chi connectivity index (χ4v) is 2.90. The van der Waals surface area contributed by atoms with Crippen LogP contribution in [0.5, 0.6) is 0 Å². The largest absolute Gasteiger partial charge is 0.310 e. The lowest BCUT2D eigenvalue weighted by molar-refractivity contribution is 0.558. The van der Waals surface area contributed by atoms with Gasteiger partial charge in [0.25, 0.3) is 0 Å². The zero-order valence-corrected chi connectivity index (χ0v) is 11.9. The Morgan fingerprint density at radius 2 is 2.11 bits per heavy atom. The molecule has 0 aliphatic heterocycles. The maximum Gasteiger partial charge on any atom is 0.137 e. The van der Waals surface area contributed by atoms with Crippen LogP contribution in [-0.2, 0) is 0 Å². The van der Waals surface area contributed by atoms with Crippen LogP contribution in [-0.4, -0.2) is 11.5 Å². The van der Waals surface area contributed by atoms with Crippen molar-refractivity contribution in [2.75, 3.05) is 6.54 Å². The van der Waals surface area contributed by atoms with Gasteiger partial charge in [0, 0.05) is 12.2 Å². The number of hydrogen-bond acceptors (Lipinski definition) is 3. The topological polar surface area (TPSA) is 24.9 Å². The minimum Gasteiger partial charge on any atom is -0.310 e. The number of nitrogens with zero attached hydrogens (tertiary/aromatic N) is 1. The zero-order valence-electron chi connectivity index (χ0n) is 11.1. The van der Waals surface area contributed by atoms with Crippen LogP contribution in [0.15, 0.2) is 52.5 Å². The molecule has 0 saturated carbocycles. The fraction of sp³-hybridized carbons (Fsp3) is 0.267. The molecule has 0 aliphatic carbocycles. The minimum absolute atomic E-state index is 0.118. The highest BCUT2D eigenvalue weighted by Gasteiger charge is 2.15. The van der Waals surface area contributed by atoms with Crippen molar-refractivity contribution in [2.45, 2.75) is 29.8 Å². The summed E-state index contributed by atoms with van der Waals surface area (Å²) in [7, 11) is 0. The molecule has 1 heterocycles. The lowest BCUT2D eigenvalue weighted by Gasteiger charge is -2.17. The smallest absolute Gasteiger partial charge is 0.137 e. The van der Waals surface area contributed by atoms with Crippen molar-refractivity contribution in [3.8, 4) is 0 Å². The SMILES string of the molecule is CCNC(C)c1cccc(F)c1Sc1ccccn1. The summed E-state index contributed by atoms with van der Waals surface area (Å²) in [5, 5.41) is 4.12. The minimum atomic E-state index is -0.196. The lowest BCUT2D eigenvalue weighted by atomic mass is 10.1. The molecule has 1 unspecified atom stereocenters. The highest BCUT2D eigenvalue weighted by atomic mass is 32.2. The summed E-state index contributed by atoms with van der Waals surface area (Å²) in [5.74, 6) is -0.196. The van der Waals surface area contributed by atoms with Crippen molar-refractivity contribution >= 4 is 11.8 Å². The Kier molecular flexibility index (Phi) is 4.93. The second kappa shape index (κ2) is 6.68. The quantitative estimate of drug-likeness (QED) is 0.892. The van der Waals surface area contributed by atoms with Gasteiger partial charge < -0.3 is 5.32 Å². The van der Waals surface area contributed by atoms with Gasteiger partial charge in [0.15, 0.2) is 0 Å². The number of pyridine rings is 1. The Hall–Kier alpha value is -1.39. The number of benzene rings is 1. The van der Waals surface area contributed by atoms with Crippen LogP contribution < -0.4 is 5.32 Å². The summed E-state index contributed by atoms with van der Waals surface area (Å²) < 4.78 is 14.1. The molecule has 0 radical (unpaired) electrons. The predicted molar refractivity (Wildman–Crippen MR) is 76.9 cm³/mol. The third-order valence-electron chi connectivity index (χ3n) is 2.82. The molecule has 1 aromatic carbocycles. The van der Waals surface area contributed by atoms with Crippen LogP contribution in [0.4, 0.5) is 4.39 Å². The molecule has 100 valence electrons. The van der Waals surface area contributed by atoms with Gasteiger partial charge in [-0.3, -0.25) is 0 Å². The van der Waals surface area contributed by atoms with E-state index in [-0.39, 0.29) is 11.9 Å². The maximum absolute atomic E-state index is 14.1. The molecule has 0 aliphatic rings. The first-order valence-corrected chi connectivity index (χ1v) is 7.14. The summed E-state index contributed by atoms with van der Waals surface area (Å²) in [4.78, 5) is 4.89. The summed E-state index contributed by atoms with van der Waals surface area (Å²) in [6.07, 6.45) is 1.72. The van der Waals surface area contributed by atoms with E-state index >= 15 is 0 Å². The predicted octanol–water partition coefficient (Wildman–Crippen LogP) is 4.04. The second-order valence-electron chi connectivity index (χ2n) is 4.21. The molecule has 2 rings (SSSR count). The van der Waals surface area contributed by atoms with Gasteiger partial charge >= 0.3 is 0 Å². The highest BCUT2D eigenvalue weighted by molar-refractivity contribution is 7.99. The maximum atomic E-state index is 14.1. The molecular weight excluding hydrogens is 259 g/mol. The Bertz CT molecular complexity index is 531. The Balaban J connectivity index is 2.33. The molecule has 1 N–H and O–H groups in total. The van der Waals surface area contributed by atoms with Crippen LogP contribution in [0.2, 0.25) is 0 Å². The number of nitrogens with one attached hydrogen (secondary N) is 1. The molecule has 2 aromatic rings. The van der Waals surface area contributed by atoms with Gasteiger partial charge in [-0.25, -0.2) is 9.37 Å². The first-order valence-electron chi connectivity index (χ1n) is 6.33. The van der Waals surface area contributed by atoms with Crippen LogP contribution in [0.3, 0.4) is 0 Å². The molecule has 2 nitrogen and oxygen atoms in total. The van der Waals surface area contributed by atoms with E-state index in [2.05, 4.69) is 10.3 Å². The fourth-order valence-electron chi connectivity index (χ4n) is 1.90. The van der Waals surface area contributed by atoms with E-state index in [9.17, 15) is 4.39 Å². The number of rotatable bonds is 5. The normalized spacial score (nSPS) is 12.4. The van der Waals surface area contributed by atoms with Crippen molar-refractivity contribution < 1.29 is 4.39 Å². The number of aromatic nitrogens is 1. The van der Waals surface area contributed by atoms with Crippen LogP contribution >= 0.6 is 11.8 Å². The van der Waals surface area contributed by atoms with Gasteiger partial charge in [-0.15, -0.1) is 0 Å². The molecule has 0 saturated heterocycles. The first kappa shape index (κ1) is 14.0. The lowest BCUT2D eigenvalue weighted by Crippen LogP contribution is -2.18. The van der Waals surface area contributed by atoms with E-state index in [1.165, 1.54) is 17.8 Å². The summed E-state index contributed by atoms with van der Waals surface area (Å²) in [6, 6.07) is 11.0. The Morgan fingerprint density at radius 1 is 1.26 bits per heavy atom. The van der Waals surface area contributed by atoms with Crippen molar-refractivity contribution in [1.29, 1.82) is 0 Å². The van der Waals surface area contributed by atoms with E-state index in [0.29, 0.717) is 4.90 Å². The molecule has 4 heteroatoms. The van der Waals surface area contributed by atoms with Crippen molar-refractivity contribution in [1.82, 2.24) is 10.3 Å². The highest BCUT2D eigenvalue weighted by Crippen LogP contribution is 2.34. The molecular formula is C15H17FN2S. The molecule has 1 atom stereocenters. The van der Waals surface area contributed by atoms with Gasteiger partial charge in [-0.1, -0.05) is 36.9 Å². The van der Waals surface area contributed by atoms with Gasteiger partial charge in [-0.05, 0) is 37.2 Å². The van der Waals surface area contributed by atoms with Crippen LogP contribution in [0.1, 0.15) is 25.5 Å². The molecule has 0 fully saturated rings. The van der Waals surface area contributed by atoms with Crippen LogP contribution in [0, 0.1) is 5.82 Å². The van der Waals surface area contributed by atoms with Crippen molar-refractivity contribution in [3.05, 3.63) is 54.0 Å². The number of halogens is 1. The van der Waals surface area contributed by atoms with Crippen molar-refractivity contribution in [3.63, 3.8) is 0 Å². The van der Waals surface area contributed by atoms with E-state index in [4.69, 9.17) is 0 Å².